The molecule has 0 saturated carbocycles. The lowest BCUT2D eigenvalue weighted by Crippen LogP contribution is -2.29. The number of carbonyl (C=O) groups is 1. The lowest BCUT2D eigenvalue weighted by molar-refractivity contribution is 0.102. The molecule has 3 aromatic heterocycles. The van der Waals surface area contributed by atoms with Gasteiger partial charge in [0.25, 0.3) is 11.5 Å². The van der Waals surface area contributed by atoms with Crippen LogP contribution in [0.3, 0.4) is 0 Å². The van der Waals surface area contributed by atoms with Gasteiger partial charge in [0, 0.05) is 48.2 Å². The van der Waals surface area contributed by atoms with Crippen molar-refractivity contribution < 1.29 is 23.0 Å². The molecule has 1 N–H and O–H groups in total. The number of methoxy groups -OCH3 is 1. The van der Waals surface area contributed by atoms with Crippen molar-refractivity contribution in [2.75, 3.05) is 12.4 Å². The number of halogens is 2. The van der Waals surface area contributed by atoms with E-state index in [1.165, 1.54) is 68.2 Å². The molecule has 0 radical (unpaired) electrons. The highest BCUT2D eigenvalue weighted by Gasteiger charge is 2.17. The maximum atomic E-state index is 14.9. The number of ether oxygens (including phenoxy) is 2. The predicted octanol–water partition coefficient (Wildman–Crippen LogP) is 4.51. The van der Waals surface area contributed by atoms with Crippen molar-refractivity contribution in [2.24, 2.45) is 0 Å². The fourth-order valence-corrected chi connectivity index (χ4v) is 3.52. The molecule has 0 aliphatic carbocycles. The van der Waals surface area contributed by atoms with Crippen molar-refractivity contribution in [3.63, 3.8) is 0 Å². The van der Waals surface area contributed by atoms with E-state index in [9.17, 15) is 18.4 Å². The van der Waals surface area contributed by atoms with Crippen molar-refractivity contribution >= 4 is 22.6 Å². The second-order valence-corrected chi connectivity index (χ2v) is 7.66. The number of hydrogen-bond acceptors (Lipinski definition) is 7. The van der Waals surface area contributed by atoms with Crippen molar-refractivity contribution in [3.05, 3.63) is 107 Å². The first-order valence-corrected chi connectivity index (χ1v) is 10.8. The van der Waals surface area contributed by atoms with Crippen LogP contribution in [0.5, 0.6) is 17.4 Å². The molecule has 0 bridgehead atoms. The summed E-state index contributed by atoms with van der Waals surface area (Å²) in [6.45, 7) is 0. The largest absolute Gasteiger partial charge is 0.481 e. The normalized spacial score (nSPS) is 10.8. The van der Waals surface area contributed by atoms with Crippen LogP contribution in [0.25, 0.3) is 16.7 Å². The summed E-state index contributed by atoms with van der Waals surface area (Å²) >= 11 is 0. The van der Waals surface area contributed by atoms with Crippen LogP contribution < -0.4 is 20.3 Å². The first-order valence-electron chi connectivity index (χ1n) is 10.8. The molecule has 0 fully saturated rings. The molecule has 37 heavy (non-hydrogen) atoms. The van der Waals surface area contributed by atoms with Gasteiger partial charge in [-0.25, -0.2) is 18.7 Å². The summed E-state index contributed by atoms with van der Waals surface area (Å²) in [7, 11) is 1.47. The Morgan fingerprint density at radius 1 is 0.946 bits per heavy atom. The molecule has 184 valence electrons. The van der Waals surface area contributed by atoms with Crippen LogP contribution in [-0.4, -0.2) is 32.5 Å². The number of pyridine rings is 2. The zero-order valence-electron chi connectivity index (χ0n) is 19.2. The van der Waals surface area contributed by atoms with Crippen LogP contribution in [0.4, 0.5) is 14.5 Å². The van der Waals surface area contributed by atoms with E-state index in [0.717, 1.165) is 10.6 Å². The van der Waals surface area contributed by atoms with E-state index in [0.29, 0.717) is 22.6 Å². The first-order chi connectivity index (χ1) is 17.9. The molecule has 0 saturated heterocycles. The van der Waals surface area contributed by atoms with Gasteiger partial charge in [-0.3, -0.25) is 19.1 Å². The molecule has 11 heteroatoms. The molecule has 1 amide bonds. The number of amides is 1. The fourth-order valence-electron chi connectivity index (χ4n) is 3.52. The summed E-state index contributed by atoms with van der Waals surface area (Å²) in [5, 5.41) is 2.45. The highest BCUT2D eigenvalue weighted by molar-refractivity contribution is 6.02. The van der Waals surface area contributed by atoms with Gasteiger partial charge in [0.1, 0.15) is 11.3 Å². The highest BCUT2D eigenvalue weighted by atomic mass is 19.1. The monoisotopic (exact) mass is 501 g/mol. The summed E-state index contributed by atoms with van der Waals surface area (Å²) in [4.78, 5) is 37.9. The Kier molecular flexibility index (Phi) is 6.25. The van der Waals surface area contributed by atoms with Gasteiger partial charge in [0.2, 0.25) is 5.88 Å². The minimum Gasteiger partial charge on any atom is -0.481 e. The van der Waals surface area contributed by atoms with E-state index in [1.807, 2.05) is 0 Å². The van der Waals surface area contributed by atoms with Crippen LogP contribution in [0.1, 0.15) is 10.5 Å². The van der Waals surface area contributed by atoms with Crippen LogP contribution in [0.15, 0.2) is 84.0 Å². The molecule has 5 aromatic rings. The first kappa shape index (κ1) is 23.5. The molecular weight excluding hydrogens is 484 g/mol. The van der Waals surface area contributed by atoms with E-state index >= 15 is 0 Å². The Labute approximate surface area is 208 Å². The number of fused-ring (bicyclic) bond motifs is 1. The van der Waals surface area contributed by atoms with Gasteiger partial charge >= 0.3 is 0 Å². The summed E-state index contributed by atoms with van der Waals surface area (Å²) < 4.78 is 40.1. The molecule has 0 atom stereocenters. The second-order valence-electron chi connectivity index (χ2n) is 7.66. The van der Waals surface area contributed by atoms with E-state index in [1.54, 1.807) is 12.1 Å². The summed E-state index contributed by atoms with van der Waals surface area (Å²) in [5.41, 5.74) is 0.199. The third-order valence-corrected chi connectivity index (χ3v) is 5.30. The van der Waals surface area contributed by atoms with Crippen LogP contribution >= 0.6 is 0 Å². The standard InChI is InChI=1S/C26H17F2N5O4/c1-36-22-9-7-19-23(32-22)21(10-11-29-19)37-20-8-4-16(14-18(20)28)31-25(34)24-26(35)33(13-12-30-24)17-5-2-15(27)3-6-17/h2-14H,1H3,(H,31,34). The lowest BCUT2D eigenvalue weighted by atomic mass is 10.2. The van der Waals surface area contributed by atoms with Gasteiger partial charge in [0.15, 0.2) is 23.0 Å². The summed E-state index contributed by atoms with van der Waals surface area (Å²) in [5.74, 6) is -1.59. The Balaban J connectivity index is 1.37. The second kappa shape index (κ2) is 9.82. The number of hydrogen-bond donors (Lipinski definition) is 1. The number of aromatic nitrogens is 4. The van der Waals surface area contributed by atoms with Gasteiger partial charge in [-0.1, -0.05) is 0 Å². The minimum absolute atomic E-state index is 0.0765. The SMILES string of the molecule is COc1ccc2nccc(Oc3ccc(NC(=O)c4nccn(-c5ccc(F)cc5)c4=O)cc3F)c2n1. The zero-order valence-corrected chi connectivity index (χ0v) is 19.2. The number of carbonyl (C=O) groups excluding carboxylic acids is 1. The van der Waals surface area contributed by atoms with Crippen LogP contribution in [0.2, 0.25) is 0 Å². The number of nitrogens with zero attached hydrogens (tertiary/aromatic N) is 4. The molecule has 0 unspecified atom stereocenters. The fraction of sp³-hybridized carbons (Fsp3) is 0.0385. The van der Waals surface area contributed by atoms with Gasteiger partial charge in [-0.05, 0) is 42.5 Å². The average molecular weight is 501 g/mol. The number of nitrogens with one attached hydrogen (secondary N) is 1. The van der Waals surface area contributed by atoms with Crippen LogP contribution in [0, 0.1) is 11.6 Å². The van der Waals surface area contributed by atoms with E-state index < -0.39 is 28.8 Å². The molecule has 2 aromatic carbocycles. The van der Waals surface area contributed by atoms with Crippen molar-refractivity contribution in [2.45, 2.75) is 0 Å². The molecular formula is C26H17F2N5O4. The van der Waals surface area contributed by atoms with Crippen molar-refractivity contribution in [1.29, 1.82) is 0 Å². The van der Waals surface area contributed by atoms with Gasteiger partial charge in [-0.2, -0.15) is 0 Å². The molecule has 3 heterocycles. The van der Waals surface area contributed by atoms with E-state index in [2.05, 4.69) is 20.3 Å². The van der Waals surface area contributed by atoms with Gasteiger partial charge < -0.3 is 14.8 Å². The highest BCUT2D eigenvalue weighted by Crippen LogP contribution is 2.31. The zero-order chi connectivity index (χ0) is 25.9. The molecule has 9 nitrogen and oxygen atoms in total. The minimum atomic E-state index is -0.842. The Morgan fingerprint density at radius 3 is 2.51 bits per heavy atom. The summed E-state index contributed by atoms with van der Waals surface area (Å²) in [6, 6.07) is 13.8. The topological polar surface area (TPSA) is 108 Å². The Bertz CT molecular complexity index is 1690. The molecule has 5 rings (SSSR count). The smallest absolute Gasteiger partial charge is 0.286 e. The van der Waals surface area contributed by atoms with Crippen molar-refractivity contribution in [3.8, 4) is 23.1 Å². The van der Waals surface area contributed by atoms with E-state index in [-0.39, 0.29) is 17.2 Å². The summed E-state index contributed by atoms with van der Waals surface area (Å²) in [6.07, 6.45) is 4.12. The van der Waals surface area contributed by atoms with Gasteiger partial charge in [-0.15, -0.1) is 0 Å². The number of benzene rings is 2. The number of anilines is 1. The molecule has 0 aliphatic rings. The molecule has 0 aliphatic heterocycles. The third-order valence-electron chi connectivity index (χ3n) is 5.30. The number of rotatable bonds is 6. The van der Waals surface area contributed by atoms with E-state index in [4.69, 9.17) is 9.47 Å². The Hall–Kier alpha value is -5.19. The maximum Gasteiger partial charge on any atom is 0.286 e. The quantitative estimate of drug-likeness (QED) is 0.365. The van der Waals surface area contributed by atoms with Crippen molar-refractivity contribution in [1.82, 2.24) is 19.5 Å². The van der Waals surface area contributed by atoms with Gasteiger partial charge in [0.05, 0.1) is 12.6 Å². The van der Waals surface area contributed by atoms with Crippen LogP contribution in [-0.2, 0) is 0 Å². The predicted molar refractivity (Wildman–Crippen MR) is 130 cm³/mol. The third kappa shape index (κ3) is 4.82. The average Bonchev–Trinajstić information content (AvgIpc) is 2.91. The molecule has 0 spiro atoms. The lowest BCUT2D eigenvalue weighted by Gasteiger charge is -2.11. The Morgan fingerprint density at radius 2 is 1.76 bits per heavy atom. The maximum absolute atomic E-state index is 14.9.